The number of benzene rings is 1. The number of ether oxygens (including phenoxy) is 2. The molecule has 0 bridgehead atoms. The number of methoxy groups -OCH3 is 2. The van der Waals surface area contributed by atoms with Gasteiger partial charge in [0.15, 0.2) is 22.2 Å². The van der Waals surface area contributed by atoms with E-state index in [1.54, 1.807) is 0 Å². The number of carbonyl (C=O) groups is 1. The average molecular weight is 369 g/mol. The lowest BCUT2D eigenvalue weighted by molar-refractivity contribution is 0.101. The quantitative estimate of drug-likeness (QED) is 0.611. The number of sulfonamides is 1. The molecular formula is C14H15N3O7S. The Bertz CT molecular complexity index is 1040. The number of Topliss-reactive ketones (excluding diaryl/α,β-unsaturated/α-hetero) is 1. The Morgan fingerprint density at radius 3 is 2.24 bits per heavy atom. The summed E-state index contributed by atoms with van der Waals surface area (Å²) < 4.78 is 37.2. The van der Waals surface area contributed by atoms with E-state index in [1.165, 1.54) is 33.3 Å². The maximum absolute atomic E-state index is 12.4. The Kier molecular flexibility index (Phi) is 4.97. The summed E-state index contributed by atoms with van der Waals surface area (Å²) in [5, 5.41) is 0. The van der Waals surface area contributed by atoms with E-state index in [4.69, 9.17) is 9.47 Å². The second kappa shape index (κ2) is 6.81. The number of hydrogen-bond acceptors (Lipinski definition) is 7. The molecule has 0 fully saturated rings. The van der Waals surface area contributed by atoms with Gasteiger partial charge in [-0.05, 0) is 13.0 Å². The van der Waals surface area contributed by atoms with Crippen molar-refractivity contribution in [3.63, 3.8) is 0 Å². The summed E-state index contributed by atoms with van der Waals surface area (Å²) in [5.41, 5.74) is -2.03. The first-order valence-electron chi connectivity index (χ1n) is 6.81. The van der Waals surface area contributed by atoms with Gasteiger partial charge in [-0.2, -0.15) is 0 Å². The highest BCUT2D eigenvalue weighted by molar-refractivity contribution is 7.92. The maximum atomic E-state index is 12.4. The number of rotatable bonds is 6. The second-order valence-electron chi connectivity index (χ2n) is 4.85. The van der Waals surface area contributed by atoms with Crippen LogP contribution in [0, 0.1) is 0 Å². The van der Waals surface area contributed by atoms with Crippen LogP contribution < -0.4 is 25.4 Å². The minimum Gasteiger partial charge on any atom is -0.493 e. The first-order valence-corrected chi connectivity index (χ1v) is 8.29. The van der Waals surface area contributed by atoms with E-state index >= 15 is 0 Å². The van der Waals surface area contributed by atoms with Crippen molar-refractivity contribution in [2.45, 2.75) is 11.8 Å². The largest absolute Gasteiger partial charge is 0.493 e. The summed E-state index contributed by atoms with van der Waals surface area (Å²) in [7, 11) is -1.66. The first-order chi connectivity index (χ1) is 11.7. The van der Waals surface area contributed by atoms with Crippen LogP contribution in [0.25, 0.3) is 0 Å². The topological polar surface area (TPSA) is 147 Å². The summed E-state index contributed by atoms with van der Waals surface area (Å²) >= 11 is 0. The number of ketones is 1. The number of aromatic nitrogens is 2. The molecule has 11 heteroatoms. The molecule has 1 aromatic heterocycles. The third-order valence-electron chi connectivity index (χ3n) is 3.22. The van der Waals surface area contributed by atoms with Crippen LogP contribution in [-0.2, 0) is 10.0 Å². The molecule has 25 heavy (non-hydrogen) atoms. The predicted octanol–water partition coefficient (Wildman–Crippen LogP) is 0.0838. The Morgan fingerprint density at radius 1 is 1.12 bits per heavy atom. The lowest BCUT2D eigenvalue weighted by Gasteiger charge is -2.15. The second-order valence-corrected chi connectivity index (χ2v) is 6.50. The van der Waals surface area contributed by atoms with Crippen molar-refractivity contribution in [2.24, 2.45) is 0 Å². The highest BCUT2D eigenvalue weighted by atomic mass is 32.2. The van der Waals surface area contributed by atoms with E-state index in [0.717, 1.165) is 6.20 Å². The van der Waals surface area contributed by atoms with Crippen molar-refractivity contribution in [1.82, 2.24) is 9.97 Å². The normalized spacial score (nSPS) is 11.0. The summed E-state index contributed by atoms with van der Waals surface area (Å²) in [5.74, 6) is -0.0212. The molecule has 0 saturated heterocycles. The van der Waals surface area contributed by atoms with Crippen LogP contribution in [0.1, 0.15) is 17.3 Å². The van der Waals surface area contributed by atoms with Gasteiger partial charge in [-0.25, -0.2) is 13.2 Å². The lowest BCUT2D eigenvalue weighted by atomic mass is 10.1. The van der Waals surface area contributed by atoms with E-state index in [0.29, 0.717) is 0 Å². The average Bonchev–Trinajstić information content (AvgIpc) is 2.53. The van der Waals surface area contributed by atoms with E-state index in [2.05, 4.69) is 9.71 Å². The molecule has 0 unspecified atom stereocenters. The van der Waals surface area contributed by atoms with Crippen molar-refractivity contribution in [3.05, 3.63) is 44.7 Å². The maximum Gasteiger partial charge on any atom is 0.325 e. The van der Waals surface area contributed by atoms with Crippen LogP contribution >= 0.6 is 0 Å². The summed E-state index contributed by atoms with van der Waals surface area (Å²) in [6.45, 7) is 1.24. The molecule has 0 saturated carbocycles. The fourth-order valence-corrected chi connectivity index (χ4v) is 3.13. The van der Waals surface area contributed by atoms with Gasteiger partial charge in [0.25, 0.3) is 15.6 Å². The van der Waals surface area contributed by atoms with E-state index in [9.17, 15) is 22.8 Å². The number of H-pyrrole nitrogens is 2. The zero-order chi connectivity index (χ0) is 18.8. The van der Waals surface area contributed by atoms with Crippen molar-refractivity contribution < 1.29 is 22.7 Å². The Labute approximate surface area is 141 Å². The molecule has 134 valence electrons. The van der Waals surface area contributed by atoms with Gasteiger partial charge in [0.05, 0.1) is 19.9 Å². The summed E-state index contributed by atoms with van der Waals surface area (Å²) in [6.07, 6.45) is 0.762. The molecule has 0 amide bonds. The molecule has 1 aromatic carbocycles. The van der Waals surface area contributed by atoms with Gasteiger partial charge in [0, 0.05) is 17.8 Å². The molecule has 3 N–H and O–H groups in total. The van der Waals surface area contributed by atoms with Gasteiger partial charge in [0.1, 0.15) is 0 Å². The molecule has 2 aromatic rings. The predicted molar refractivity (Wildman–Crippen MR) is 88.0 cm³/mol. The molecule has 2 rings (SSSR count). The molecule has 0 spiro atoms. The van der Waals surface area contributed by atoms with Gasteiger partial charge in [-0.1, -0.05) is 0 Å². The number of anilines is 1. The molecule has 0 aliphatic heterocycles. The van der Waals surface area contributed by atoms with Gasteiger partial charge in [-0.15, -0.1) is 0 Å². The van der Waals surface area contributed by atoms with Gasteiger partial charge < -0.3 is 14.5 Å². The highest BCUT2D eigenvalue weighted by Gasteiger charge is 2.23. The van der Waals surface area contributed by atoms with Crippen molar-refractivity contribution >= 4 is 21.5 Å². The number of aromatic amines is 2. The van der Waals surface area contributed by atoms with Gasteiger partial charge in [0.2, 0.25) is 0 Å². The smallest absolute Gasteiger partial charge is 0.325 e. The van der Waals surface area contributed by atoms with E-state index < -0.39 is 32.0 Å². The third kappa shape index (κ3) is 3.71. The van der Waals surface area contributed by atoms with Crippen molar-refractivity contribution in [3.8, 4) is 11.5 Å². The molecule has 0 aliphatic carbocycles. The molecule has 0 radical (unpaired) electrons. The standard InChI is InChI=1S/C14H15N3O7S/c1-7(18)8-4-10(23-2)11(24-3)5-9(8)17-25(21,22)12-6-15-14(20)16-13(12)19/h4-6,17H,1-3H3,(H2,15,16,19,20). The fraction of sp³-hybridized carbons (Fsp3) is 0.214. The summed E-state index contributed by atoms with van der Waals surface area (Å²) in [4.78, 5) is 37.7. The van der Waals surface area contributed by atoms with Gasteiger partial charge in [-0.3, -0.25) is 19.3 Å². The zero-order valence-corrected chi connectivity index (χ0v) is 14.3. The fourth-order valence-electron chi connectivity index (χ4n) is 2.05. The molecular weight excluding hydrogens is 354 g/mol. The Hall–Kier alpha value is -3.08. The third-order valence-corrected chi connectivity index (χ3v) is 4.59. The van der Waals surface area contributed by atoms with Crippen molar-refractivity contribution in [2.75, 3.05) is 18.9 Å². The zero-order valence-electron chi connectivity index (χ0n) is 13.5. The van der Waals surface area contributed by atoms with Crippen molar-refractivity contribution in [1.29, 1.82) is 0 Å². The van der Waals surface area contributed by atoms with Crippen LogP contribution in [0.5, 0.6) is 11.5 Å². The van der Waals surface area contributed by atoms with Crippen LogP contribution in [-0.4, -0.2) is 38.4 Å². The monoisotopic (exact) mass is 369 g/mol. The van der Waals surface area contributed by atoms with E-state index in [-0.39, 0.29) is 22.7 Å². The van der Waals surface area contributed by atoms with Crippen LogP contribution in [0.2, 0.25) is 0 Å². The molecule has 1 heterocycles. The molecule has 0 aliphatic rings. The lowest BCUT2D eigenvalue weighted by Crippen LogP contribution is -2.29. The first kappa shape index (κ1) is 18.3. The van der Waals surface area contributed by atoms with Crippen LogP contribution in [0.3, 0.4) is 0 Å². The van der Waals surface area contributed by atoms with Gasteiger partial charge >= 0.3 is 5.69 Å². The minimum atomic E-state index is -4.37. The Morgan fingerprint density at radius 2 is 1.72 bits per heavy atom. The van der Waals surface area contributed by atoms with E-state index in [1.807, 2.05) is 4.98 Å². The van der Waals surface area contributed by atoms with Crippen LogP contribution in [0.15, 0.2) is 32.8 Å². The number of carbonyl (C=O) groups excluding carboxylic acids is 1. The molecule has 10 nitrogen and oxygen atoms in total. The molecule has 0 atom stereocenters. The number of hydrogen-bond donors (Lipinski definition) is 3. The summed E-state index contributed by atoms with van der Waals surface area (Å²) in [6, 6.07) is 2.57. The Balaban J connectivity index is 2.60. The van der Waals surface area contributed by atoms with Crippen LogP contribution in [0.4, 0.5) is 5.69 Å². The minimum absolute atomic E-state index is 0.0158. The SMILES string of the molecule is COc1cc(NS(=O)(=O)c2c[nH]c(=O)[nH]c2=O)c(C(C)=O)cc1OC. The highest BCUT2D eigenvalue weighted by Crippen LogP contribution is 2.34. The number of nitrogens with one attached hydrogen (secondary N) is 3.